The molecule has 138 valence electrons. The van der Waals surface area contributed by atoms with Gasteiger partial charge in [0.15, 0.2) is 0 Å². The van der Waals surface area contributed by atoms with Crippen LogP contribution in [-0.4, -0.2) is 46.4 Å². The second-order valence-electron chi connectivity index (χ2n) is 7.51. The first kappa shape index (κ1) is 17.3. The molecule has 1 amide bonds. The minimum atomic E-state index is -0.172. The fourth-order valence-electron chi connectivity index (χ4n) is 4.51. The average Bonchev–Trinajstić information content (AvgIpc) is 3.15. The molecule has 3 heterocycles. The predicted octanol–water partition coefficient (Wildman–Crippen LogP) is 3.21. The normalized spacial score (nSPS) is 23.9. The van der Waals surface area contributed by atoms with Crippen LogP contribution in [0.1, 0.15) is 30.5 Å². The lowest BCUT2D eigenvalue weighted by Gasteiger charge is -2.47. The molecule has 0 radical (unpaired) electrons. The number of likely N-dealkylation sites (tertiary alicyclic amines) is 2. The molecule has 2 aromatic rings. The van der Waals surface area contributed by atoms with E-state index in [1.54, 1.807) is 6.07 Å². The van der Waals surface area contributed by atoms with E-state index in [0.717, 1.165) is 32.5 Å². The maximum atomic E-state index is 13.9. The first-order valence-corrected chi connectivity index (χ1v) is 9.58. The minimum absolute atomic E-state index is 0.172. The maximum absolute atomic E-state index is 13.9. The van der Waals surface area contributed by atoms with Gasteiger partial charge in [-0.3, -0.25) is 9.69 Å². The number of hydrogen-bond acceptors (Lipinski definition) is 2. The van der Waals surface area contributed by atoms with Crippen LogP contribution in [0.5, 0.6) is 0 Å². The van der Waals surface area contributed by atoms with Crippen molar-refractivity contribution in [2.75, 3.05) is 19.6 Å². The van der Waals surface area contributed by atoms with E-state index in [-0.39, 0.29) is 11.7 Å². The fraction of sp³-hybridized carbons (Fsp3) is 0.476. The summed E-state index contributed by atoms with van der Waals surface area (Å²) >= 11 is 0. The van der Waals surface area contributed by atoms with Gasteiger partial charge in [0, 0.05) is 50.5 Å². The molecule has 1 N–H and O–H groups in total. The Morgan fingerprint density at radius 2 is 2.04 bits per heavy atom. The third-order valence-electron chi connectivity index (χ3n) is 5.86. The average molecular weight is 355 g/mol. The molecule has 2 saturated heterocycles. The number of carbonyl (C=O) groups excluding carboxylic acids is 1. The molecule has 2 fully saturated rings. The van der Waals surface area contributed by atoms with Crippen LogP contribution in [0.15, 0.2) is 42.6 Å². The number of halogens is 1. The number of fused-ring (bicyclic) bond motifs is 1. The van der Waals surface area contributed by atoms with E-state index in [4.69, 9.17) is 0 Å². The standard InChI is InChI=1S/C21H26FN3O/c22-19-6-2-1-4-16(19)9-13-25-20-10-12-24(15-18-5-3-11-23-18)14-17(20)7-8-21(25)26/h1-6,11,17,20,23H,7-10,12-15H2/t17-,20+/m1/s1. The summed E-state index contributed by atoms with van der Waals surface area (Å²) in [5.74, 6) is 0.590. The topological polar surface area (TPSA) is 39.3 Å². The van der Waals surface area contributed by atoms with Crippen molar-refractivity contribution in [3.05, 3.63) is 59.7 Å². The van der Waals surface area contributed by atoms with Gasteiger partial charge in [0.2, 0.25) is 5.91 Å². The molecule has 5 heteroatoms. The van der Waals surface area contributed by atoms with Crippen molar-refractivity contribution in [3.8, 4) is 0 Å². The first-order valence-electron chi connectivity index (χ1n) is 9.58. The Kier molecular flexibility index (Phi) is 5.07. The fourth-order valence-corrected chi connectivity index (χ4v) is 4.51. The summed E-state index contributed by atoms with van der Waals surface area (Å²) in [7, 11) is 0. The molecule has 2 atom stereocenters. The van der Waals surface area contributed by atoms with Gasteiger partial charge in [-0.15, -0.1) is 0 Å². The summed E-state index contributed by atoms with van der Waals surface area (Å²) in [6, 6.07) is 11.3. The summed E-state index contributed by atoms with van der Waals surface area (Å²) in [4.78, 5) is 20.3. The van der Waals surface area contributed by atoms with Gasteiger partial charge < -0.3 is 9.88 Å². The highest BCUT2D eigenvalue weighted by Gasteiger charge is 2.39. The van der Waals surface area contributed by atoms with Crippen LogP contribution in [0.25, 0.3) is 0 Å². The van der Waals surface area contributed by atoms with Crippen LogP contribution < -0.4 is 0 Å². The third-order valence-corrected chi connectivity index (χ3v) is 5.86. The number of nitrogens with zero attached hydrogens (tertiary/aromatic N) is 2. The van der Waals surface area contributed by atoms with Crippen LogP contribution in [0.3, 0.4) is 0 Å². The number of amides is 1. The van der Waals surface area contributed by atoms with Crippen molar-refractivity contribution < 1.29 is 9.18 Å². The zero-order chi connectivity index (χ0) is 17.9. The lowest BCUT2D eigenvalue weighted by molar-refractivity contribution is -0.141. The number of hydrogen-bond donors (Lipinski definition) is 1. The third kappa shape index (κ3) is 3.68. The first-order chi connectivity index (χ1) is 12.7. The van der Waals surface area contributed by atoms with Gasteiger partial charge >= 0.3 is 0 Å². The lowest BCUT2D eigenvalue weighted by atomic mass is 9.83. The van der Waals surface area contributed by atoms with E-state index in [1.165, 1.54) is 11.8 Å². The van der Waals surface area contributed by atoms with Gasteiger partial charge in [-0.05, 0) is 48.9 Å². The molecule has 2 aliphatic heterocycles. The Bertz CT molecular complexity index is 745. The zero-order valence-corrected chi connectivity index (χ0v) is 15.0. The Labute approximate surface area is 154 Å². The second-order valence-corrected chi connectivity index (χ2v) is 7.51. The Morgan fingerprint density at radius 3 is 2.85 bits per heavy atom. The van der Waals surface area contributed by atoms with Crippen molar-refractivity contribution in [2.45, 2.75) is 38.3 Å². The molecule has 26 heavy (non-hydrogen) atoms. The van der Waals surface area contributed by atoms with E-state index in [9.17, 15) is 9.18 Å². The number of nitrogens with one attached hydrogen (secondary N) is 1. The van der Waals surface area contributed by atoms with Crippen LogP contribution in [0.4, 0.5) is 4.39 Å². The summed E-state index contributed by atoms with van der Waals surface area (Å²) in [6.45, 7) is 3.60. The van der Waals surface area contributed by atoms with Crippen LogP contribution in [-0.2, 0) is 17.8 Å². The van der Waals surface area contributed by atoms with Gasteiger partial charge in [-0.1, -0.05) is 18.2 Å². The monoisotopic (exact) mass is 355 g/mol. The molecular weight excluding hydrogens is 329 g/mol. The summed E-state index contributed by atoms with van der Waals surface area (Å²) in [6.07, 6.45) is 5.16. The molecule has 1 aromatic heterocycles. The van der Waals surface area contributed by atoms with Gasteiger partial charge in [-0.25, -0.2) is 4.39 Å². The molecule has 1 aromatic carbocycles. The van der Waals surface area contributed by atoms with Gasteiger partial charge in [0.05, 0.1) is 0 Å². The molecule has 2 aliphatic rings. The molecule has 0 bridgehead atoms. The number of carbonyl (C=O) groups is 1. The van der Waals surface area contributed by atoms with E-state index in [1.807, 2.05) is 29.3 Å². The summed E-state index contributed by atoms with van der Waals surface area (Å²) < 4.78 is 13.9. The minimum Gasteiger partial charge on any atom is -0.364 e. The number of piperidine rings is 2. The van der Waals surface area contributed by atoms with Gasteiger partial charge in [0.1, 0.15) is 5.82 Å². The SMILES string of the molecule is O=C1CC[C@@H]2CN(Cc3ccc[nH]3)CC[C@@H]2N1CCc1ccccc1F. The van der Waals surface area contributed by atoms with Gasteiger partial charge in [-0.2, -0.15) is 0 Å². The number of aromatic nitrogens is 1. The van der Waals surface area contributed by atoms with Crippen molar-refractivity contribution in [1.29, 1.82) is 0 Å². The van der Waals surface area contributed by atoms with Gasteiger partial charge in [0.25, 0.3) is 0 Å². The number of benzene rings is 1. The molecule has 4 rings (SSSR count). The molecule has 4 nitrogen and oxygen atoms in total. The Hall–Kier alpha value is -2.14. The van der Waals surface area contributed by atoms with Crippen LogP contribution in [0.2, 0.25) is 0 Å². The summed E-state index contributed by atoms with van der Waals surface area (Å²) in [5, 5.41) is 0. The Morgan fingerprint density at radius 1 is 1.15 bits per heavy atom. The highest BCUT2D eigenvalue weighted by molar-refractivity contribution is 5.77. The van der Waals surface area contributed by atoms with Crippen LogP contribution >= 0.6 is 0 Å². The highest BCUT2D eigenvalue weighted by atomic mass is 19.1. The molecule has 0 spiro atoms. The second kappa shape index (κ2) is 7.62. The molecule has 0 aliphatic carbocycles. The number of rotatable bonds is 5. The zero-order valence-electron chi connectivity index (χ0n) is 15.0. The summed E-state index contributed by atoms with van der Waals surface area (Å²) in [5.41, 5.74) is 1.94. The Balaban J connectivity index is 1.39. The van der Waals surface area contributed by atoms with E-state index < -0.39 is 0 Å². The number of H-pyrrole nitrogens is 1. The maximum Gasteiger partial charge on any atom is 0.222 e. The quantitative estimate of drug-likeness (QED) is 0.895. The van der Waals surface area contributed by atoms with E-state index in [0.29, 0.717) is 36.9 Å². The highest BCUT2D eigenvalue weighted by Crippen LogP contribution is 2.32. The van der Waals surface area contributed by atoms with E-state index >= 15 is 0 Å². The van der Waals surface area contributed by atoms with E-state index in [2.05, 4.69) is 16.0 Å². The van der Waals surface area contributed by atoms with Crippen molar-refractivity contribution in [3.63, 3.8) is 0 Å². The predicted molar refractivity (Wildman–Crippen MR) is 99.0 cm³/mol. The lowest BCUT2D eigenvalue weighted by Crippen LogP contribution is -2.56. The number of aromatic amines is 1. The van der Waals surface area contributed by atoms with Crippen molar-refractivity contribution >= 4 is 5.91 Å². The van der Waals surface area contributed by atoms with Crippen molar-refractivity contribution in [2.24, 2.45) is 5.92 Å². The molecule has 0 unspecified atom stereocenters. The van der Waals surface area contributed by atoms with Crippen molar-refractivity contribution in [1.82, 2.24) is 14.8 Å². The molecular formula is C21H26FN3O. The molecule has 0 saturated carbocycles. The smallest absolute Gasteiger partial charge is 0.222 e. The largest absolute Gasteiger partial charge is 0.364 e. The van der Waals surface area contributed by atoms with Crippen LogP contribution in [0, 0.1) is 11.7 Å².